The fraction of sp³-hybridized carbons (Fsp3) is 0.261. The van der Waals surface area contributed by atoms with Gasteiger partial charge in [0.2, 0.25) is 0 Å². The number of hydrogen-bond acceptors (Lipinski definition) is 6. The molecule has 0 radical (unpaired) electrons. The summed E-state index contributed by atoms with van der Waals surface area (Å²) >= 11 is 4.92. The molecule has 30 heavy (non-hydrogen) atoms. The normalized spacial score (nSPS) is 13.1. The zero-order valence-corrected chi connectivity index (χ0v) is 17.8. The molecule has 0 saturated heterocycles. The number of anilines is 2. The van der Waals surface area contributed by atoms with Crippen molar-refractivity contribution in [1.82, 2.24) is 15.0 Å². The first kappa shape index (κ1) is 20.1. The van der Waals surface area contributed by atoms with E-state index in [0.717, 1.165) is 35.7 Å². The minimum Gasteiger partial charge on any atom is -0.352 e. The van der Waals surface area contributed by atoms with Gasteiger partial charge in [0.25, 0.3) is 5.91 Å². The smallest absolute Gasteiger partial charge is 0.255 e. The van der Waals surface area contributed by atoms with Crippen LogP contribution in [0.15, 0.2) is 48.8 Å². The number of nitrogens with zero attached hydrogens (tertiary/aromatic N) is 4. The largest absolute Gasteiger partial charge is 0.352 e. The van der Waals surface area contributed by atoms with Crippen LogP contribution in [0.2, 0.25) is 0 Å². The Morgan fingerprint density at radius 3 is 2.90 bits per heavy atom. The fourth-order valence-corrected chi connectivity index (χ4v) is 3.61. The van der Waals surface area contributed by atoms with E-state index in [1.165, 1.54) is 10.9 Å². The van der Waals surface area contributed by atoms with Crippen LogP contribution in [0.4, 0.5) is 11.5 Å². The van der Waals surface area contributed by atoms with Gasteiger partial charge in [-0.3, -0.25) is 4.79 Å². The molecule has 2 aromatic heterocycles. The molecule has 1 aliphatic rings. The summed E-state index contributed by atoms with van der Waals surface area (Å²) in [5, 5.41) is 4.49. The van der Waals surface area contributed by atoms with Crippen molar-refractivity contribution in [2.24, 2.45) is 0 Å². The van der Waals surface area contributed by atoms with Crippen LogP contribution in [0.25, 0.3) is 0 Å². The summed E-state index contributed by atoms with van der Waals surface area (Å²) in [6.07, 6.45) is 4.29. The third-order valence-electron chi connectivity index (χ3n) is 5.20. The van der Waals surface area contributed by atoms with Crippen LogP contribution in [-0.4, -0.2) is 32.8 Å². The van der Waals surface area contributed by atoms with Crippen LogP contribution < -0.4 is 10.2 Å². The lowest BCUT2D eigenvalue weighted by Crippen LogP contribution is -2.32. The van der Waals surface area contributed by atoms with Crippen LogP contribution in [0, 0.1) is 0 Å². The number of aromatic nitrogens is 3. The van der Waals surface area contributed by atoms with E-state index in [1.807, 2.05) is 30.5 Å². The van der Waals surface area contributed by atoms with E-state index in [-0.39, 0.29) is 5.91 Å². The highest BCUT2D eigenvalue weighted by Gasteiger charge is 2.20. The number of hydrogen-bond donors (Lipinski definition) is 1. The fourth-order valence-electron chi connectivity index (χ4n) is 3.50. The number of thiocarbonyl (C=S) groups is 1. The highest BCUT2D eigenvalue weighted by Crippen LogP contribution is 2.23. The Morgan fingerprint density at radius 2 is 2.10 bits per heavy atom. The van der Waals surface area contributed by atoms with Crippen molar-refractivity contribution in [3.63, 3.8) is 0 Å². The Kier molecular flexibility index (Phi) is 5.81. The van der Waals surface area contributed by atoms with E-state index < -0.39 is 0 Å². The van der Waals surface area contributed by atoms with Crippen molar-refractivity contribution in [2.75, 3.05) is 16.8 Å². The average molecular weight is 418 g/mol. The Labute approximate surface area is 181 Å². The number of carbonyl (C=O) groups is 1. The molecule has 152 valence electrons. The number of rotatable bonds is 5. The predicted molar refractivity (Wildman–Crippen MR) is 122 cm³/mol. The molecule has 0 aliphatic carbocycles. The number of benzene rings is 1. The van der Waals surface area contributed by atoms with Crippen molar-refractivity contribution in [2.45, 2.75) is 32.7 Å². The van der Waals surface area contributed by atoms with Crippen LogP contribution in [0.5, 0.6) is 0 Å². The monoisotopic (exact) mass is 417 g/mol. The number of fused-ring (bicyclic) bond motifs is 1. The minimum atomic E-state index is -0.147. The maximum absolute atomic E-state index is 12.8. The van der Waals surface area contributed by atoms with Gasteiger partial charge in [0.05, 0.1) is 5.69 Å². The first-order valence-corrected chi connectivity index (χ1v) is 10.4. The molecule has 6 nitrogen and oxygen atoms in total. The molecule has 1 N–H and O–H groups in total. The molecule has 0 atom stereocenters. The lowest BCUT2D eigenvalue weighted by Gasteiger charge is -2.29. The summed E-state index contributed by atoms with van der Waals surface area (Å²) in [7, 11) is 0. The minimum absolute atomic E-state index is 0.147. The first-order valence-electron chi connectivity index (χ1n) is 9.96. The Balaban J connectivity index is 1.50. The Hall–Kier alpha value is -3.19. The summed E-state index contributed by atoms with van der Waals surface area (Å²) in [5.41, 5.74) is 4.64. The topological polar surface area (TPSA) is 71.0 Å². The molecule has 1 amide bonds. The predicted octanol–water partition coefficient (Wildman–Crippen LogP) is 4.16. The molecule has 7 heteroatoms. The van der Waals surface area contributed by atoms with E-state index in [9.17, 15) is 4.79 Å². The Morgan fingerprint density at radius 1 is 1.23 bits per heavy atom. The average Bonchev–Trinajstić information content (AvgIpc) is 2.78. The highest BCUT2D eigenvalue weighted by molar-refractivity contribution is 7.79. The summed E-state index contributed by atoms with van der Waals surface area (Å²) in [5.74, 6) is 1.60. The maximum Gasteiger partial charge on any atom is 0.255 e. The molecule has 0 bridgehead atoms. The van der Waals surface area contributed by atoms with Gasteiger partial charge in [0, 0.05) is 54.1 Å². The van der Waals surface area contributed by atoms with Crippen LogP contribution >= 0.6 is 12.2 Å². The molecule has 1 aromatic carbocycles. The highest BCUT2D eigenvalue weighted by atomic mass is 32.1. The quantitative estimate of drug-likeness (QED) is 0.629. The second-order valence-corrected chi connectivity index (χ2v) is 7.86. The molecule has 0 unspecified atom stereocenters. The second kappa shape index (κ2) is 8.67. The van der Waals surface area contributed by atoms with Crippen LogP contribution in [-0.2, 0) is 13.0 Å². The van der Waals surface area contributed by atoms with Gasteiger partial charge in [0.15, 0.2) is 5.82 Å². The summed E-state index contributed by atoms with van der Waals surface area (Å²) in [6, 6.07) is 11.5. The lowest BCUT2D eigenvalue weighted by molar-refractivity contribution is 0.102. The van der Waals surface area contributed by atoms with Crippen molar-refractivity contribution >= 4 is 35.0 Å². The zero-order chi connectivity index (χ0) is 21.1. The van der Waals surface area contributed by atoms with Crippen molar-refractivity contribution < 1.29 is 4.79 Å². The summed E-state index contributed by atoms with van der Waals surface area (Å²) in [6.45, 7) is 5.69. The number of nitrogens with one attached hydrogen (secondary N) is 1. The molecule has 0 spiro atoms. The lowest BCUT2D eigenvalue weighted by atomic mass is 10.0. The van der Waals surface area contributed by atoms with Gasteiger partial charge >= 0.3 is 0 Å². The zero-order valence-electron chi connectivity index (χ0n) is 17.0. The van der Waals surface area contributed by atoms with Gasteiger partial charge < -0.3 is 10.2 Å². The van der Waals surface area contributed by atoms with Crippen molar-refractivity contribution in [3.05, 3.63) is 77.0 Å². The molecule has 3 heterocycles. The van der Waals surface area contributed by atoms with Gasteiger partial charge in [-0.25, -0.2) is 15.0 Å². The van der Waals surface area contributed by atoms with Crippen molar-refractivity contribution in [1.29, 1.82) is 0 Å². The van der Waals surface area contributed by atoms with E-state index in [0.29, 0.717) is 23.9 Å². The van der Waals surface area contributed by atoms with E-state index in [2.05, 4.69) is 45.1 Å². The Bertz CT molecular complexity index is 1100. The summed E-state index contributed by atoms with van der Waals surface area (Å²) in [4.78, 5) is 28.2. The van der Waals surface area contributed by atoms with Gasteiger partial charge in [-0.15, -0.1) is 0 Å². The van der Waals surface area contributed by atoms with E-state index in [4.69, 9.17) is 12.2 Å². The SMILES string of the molecule is CC(C)c1cccc(NC(=O)c2ccnc(N3CCc4nc(C=S)ncc4C3)c2)c1. The maximum atomic E-state index is 12.8. The molecule has 0 saturated carbocycles. The standard InChI is InChI=1S/C23H23N5OS/c1-15(2)16-4-3-5-19(10-16)26-23(29)17-6-8-24-22(11-17)28-9-7-20-18(13-28)12-25-21(14-30)27-20/h3-6,8,10-12,14-15H,7,9,13H2,1-2H3,(H,26,29). The van der Waals surface area contributed by atoms with E-state index in [1.54, 1.807) is 12.3 Å². The number of pyridine rings is 1. The van der Waals surface area contributed by atoms with Gasteiger partial charge in [-0.1, -0.05) is 38.2 Å². The molecule has 1 aliphatic heterocycles. The molecule has 4 rings (SSSR count). The van der Waals surface area contributed by atoms with Gasteiger partial charge in [-0.2, -0.15) is 0 Å². The van der Waals surface area contributed by atoms with Crippen LogP contribution in [0.3, 0.4) is 0 Å². The molecular formula is C23H23N5OS. The molecule has 3 aromatic rings. The molecule has 0 fully saturated rings. The van der Waals surface area contributed by atoms with Gasteiger partial charge in [-0.05, 0) is 35.7 Å². The van der Waals surface area contributed by atoms with Gasteiger partial charge in [0.1, 0.15) is 5.82 Å². The second-order valence-electron chi connectivity index (χ2n) is 7.63. The molecular weight excluding hydrogens is 394 g/mol. The number of carbonyl (C=O) groups excluding carboxylic acids is 1. The summed E-state index contributed by atoms with van der Waals surface area (Å²) < 4.78 is 0. The third-order valence-corrected chi connectivity index (χ3v) is 5.41. The van der Waals surface area contributed by atoms with Crippen molar-refractivity contribution in [3.8, 4) is 0 Å². The first-order chi connectivity index (χ1) is 14.5. The third kappa shape index (κ3) is 4.36. The number of amides is 1. The van der Waals surface area contributed by atoms with Crippen LogP contribution in [0.1, 0.15) is 52.8 Å². The van der Waals surface area contributed by atoms with E-state index >= 15 is 0 Å².